The molecular weight excluding hydrogens is 249 g/mol. The van der Waals surface area contributed by atoms with Crippen LogP contribution in [0.1, 0.15) is 0 Å². The maximum atomic E-state index is 12.2. The number of hydrogen-bond acceptors (Lipinski definition) is 3. The first-order valence-corrected chi connectivity index (χ1v) is 4.85. The van der Waals surface area contributed by atoms with Gasteiger partial charge in [0.15, 0.2) is 0 Å². The van der Waals surface area contributed by atoms with Crippen LogP contribution < -0.4 is 10.3 Å². The van der Waals surface area contributed by atoms with Gasteiger partial charge in [-0.15, -0.1) is 13.2 Å². The number of aromatic amines is 1. The van der Waals surface area contributed by atoms with Gasteiger partial charge in [-0.3, -0.25) is 9.78 Å². The summed E-state index contributed by atoms with van der Waals surface area (Å²) in [6, 6.07) is 5.49. The lowest BCUT2D eigenvalue weighted by atomic mass is 10.1. The first kappa shape index (κ1) is 12.2. The van der Waals surface area contributed by atoms with Crippen molar-refractivity contribution < 1.29 is 17.9 Å². The topological polar surface area (TPSA) is 55.0 Å². The Balaban J connectivity index is 2.48. The molecule has 0 aliphatic carbocycles. The fourth-order valence-corrected chi connectivity index (χ4v) is 1.42. The second-order valence-corrected chi connectivity index (χ2v) is 3.35. The molecule has 1 N–H and O–H groups in total. The molecule has 0 bridgehead atoms. The lowest BCUT2D eigenvalue weighted by Crippen LogP contribution is -2.18. The van der Waals surface area contributed by atoms with Crippen molar-refractivity contribution in [1.29, 1.82) is 0 Å². The second-order valence-electron chi connectivity index (χ2n) is 3.35. The summed E-state index contributed by atoms with van der Waals surface area (Å²) in [5, 5.41) is 0. The number of aromatic nitrogens is 2. The second kappa shape index (κ2) is 4.52. The number of H-pyrrole nitrogens is 1. The van der Waals surface area contributed by atoms with E-state index < -0.39 is 17.7 Å². The highest BCUT2D eigenvalue weighted by atomic mass is 19.4. The van der Waals surface area contributed by atoms with Crippen molar-refractivity contribution in [3.05, 3.63) is 47.0 Å². The lowest BCUT2D eigenvalue weighted by Gasteiger charge is -2.12. The lowest BCUT2D eigenvalue weighted by molar-refractivity contribution is -0.274. The van der Waals surface area contributed by atoms with E-state index in [9.17, 15) is 18.0 Å². The highest BCUT2D eigenvalue weighted by Gasteiger charge is 2.32. The Morgan fingerprint density at radius 2 is 1.89 bits per heavy atom. The number of ether oxygens (including phenoxy) is 1. The Morgan fingerprint density at radius 3 is 2.56 bits per heavy atom. The molecule has 0 saturated heterocycles. The molecule has 1 aromatic carbocycles. The highest BCUT2D eigenvalue weighted by molar-refractivity contribution is 5.66. The fourth-order valence-electron chi connectivity index (χ4n) is 1.42. The average molecular weight is 256 g/mol. The number of nitrogens with one attached hydrogen (secondary N) is 1. The maximum absolute atomic E-state index is 12.2. The van der Waals surface area contributed by atoms with E-state index in [1.165, 1.54) is 24.4 Å². The molecule has 0 atom stereocenters. The Kier molecular flexibility index (Phi) is 3.05. The predicted octanol–water partition coefficient (Wildman–Crippen LogP) is 2.34. The van der Waals surface area contributed by atoms with Crippen molar-refractivity contribution in [2.75, 3.05) is 0 Å². The molecule has 1 aromatic heterocycles. The summed E-state index contributed by atoms with van der Waals surface area (Å²) < 4.78 is 40.5. The molecule has 0 unspecified atom stereocenters. The molecule has 0 spiro atoms. The minimum absolute atomic E-state index is 0.111. The van der Waals surface area contributed by atoms with E-state index >= 15 is 0 Å². The molecule has 0 amide bonds. The quantitative estimate of drug-likeness (QED) is 0.897. The van der Waals surface area contributed by atoms with Crippen molar-refractivity contribution in [2.24, 2.45) is 0 Å². The van der Waals surface area contributed by atoms with E-state index in [0.29, 0.717) is 0 Å². The number of hydrogen-bond donors (Lipinski definition) is 1. The van der Waals surface area contributed by atoms with E-state index in [0.717, 1.165) is 12.3 Å². The molecule has 0 aliphatic heterocycles. The Hall–Kier alpha value is -2.31. The normalized spacial score (nSPS) is 11.3. The molecular formula is C11H7F3N2O2. The Bertz CT molecular complexity index is 607. The Labute approximate surface area is 99.1 Å². The van der Waals surface area contributed by atoms with Crippen LogP contribution >= 0.6 is 0 Å². The van der Waals surface area contributed by atoms with Gasteiger partial charge in [0.1, 0.15) is 5.75 Å². The van der Waals surface area contributed by atoms with Crippen LogP contribution in [0.5, 0.6) is 5.75 Å². The monoisotopic (exact) mass is 256 g/mol. The zero-order valence-corrected chi connectivity index (χ0v) is 8.86. The minimum atomic E-state index is -4.79. The van der Waals surface area contributed by atoms with Gasteiger partial charge in [0.2, 0.25) is 0 Å². The van der Waals surface area contributed by atoms with Crippen molar-refractivity contribution in [3.8, 4) is 17.0 Å². The summed E-state index contributed by atoms with van der Waals surface area (Å²) in [7, 11) is 0. The number of nitrogens with zero attached hydrogens (tertiary/aromatic N) is 1. The van der Waals surface area contributed by atoms with Crippen LogP contribution in [0.2, 0.25) is 0 Å². The van der Waals surface area contributed by atoms with Gasteiger partial charge in [-0.25, -0.2) is 0 Å². The summed E-state index contributed by atoms with van der Waals surface area (Å²) in [4.78, 5) is 17.1. The van der Waals surface area contributed by atoms with Crippen molar-refractivity contribution >= 4 is 0 Å². The molecule has 18 heavy (non-hydrogen) atoms. The van der Waals surface area contributed by atoms with Gasteiger partial charge in [0, 0.05) is 5.56 Å². The van der Waals surface area contributed by atoms with E-state index in [1.807, 2.05) is 0 Å². The molecule has 4 nitrogen and oxygen atoms in total. The van der Waals surface area contributed by atoms with Gasteiger partial charge in [-0.1, -0.05) is 12.1 Å². The maximum Gasteiger partial charge on any atom is 0.573 e. The number of para-hydroxylation sites is 1. The van der Waals surface area contributed by atoms with E-state index in [4.69, 9.17) is 0 Å². The SMILES string of the molecule is O=c1cncc(-c2ccccc2OC(F)(F)F)[nH]1. The molecule has 0 saturated carbocycles. The van der Waals surface area contributed by atoms with Crippen LogP contribution in [0.4, 0.5) is 13.2 Å². The van der Waals surface area contributed by atoms with E-state index in [1.54, 1.807) is 0 Å². The molecule has 0 radical (unpaired) electrons. The first-order valence-electron chi connectivity index (χ1n) is 4.85. The summed E-state index contributed by atoms with van der Waals surface area (Å²) in [5.41, 5.74) is -0.239. The molecule has 0 fully saturated rings. The van der Waals surface area contributed by atoms with Gasteiger partial charge in [0.25, 0.3) is 5.56 Å². The predicted molar refractivity (Wildman–Crippen MR) is 57.0 cm³/mol. The van der Waals surface area contributed by atoms with Crippen LogP contribution in [0, 0.1) is 0 Å². The smallest absolute Gasteiger partial charge is 0.405 e. The highest BCUT2D eigenvalue weighted by Crippen LogP contribution is 2.31. The first-order chi connectivity index (χ1) is 8.46. The molecule has 0 aliphatic rings. The zero-order valence-electron chi connectivity index (χ0n) is 8.86. The van der Waals surface area contributed by atoms with Gasteiger partial charge in [-0.05, 0) is 12.1 Å². The third-order valence-corrected chi connectivity index (χ3v) is 2.06. The molecule has 2 aromatic rings. The molecule has 1 heterocycles. The van der Waals surface area contributed by atoms with Gasteiger partial charge in [0.05, 0.1) is 18.1 Å². The summed E-state index contributed by atoms with van der Waals surface area (Å²) in [6.45, 7) is 0. The van der Waals surface area contributed by atoms with Gasteiger partial charge < -0.3 is 9.72 Å². The van der Waals surface area contributed by atoms with Crippen LogP contribution in [0.25, 0.3) is 11.3 Å². The molecule has 2 rings (SSSR count). The largest absolute Gasteiger partial charge is 0.573 e. The Morgan fingerprint density at radius 1 is 1.17 bits per heavy atom. The molecule has 7 heteroatoms. The molecule has 94 valence electrons. The number of halogens is 3. The summed E-state index contributed by atoms with van der Waals surface area (Å²) >= 11 is 0. The summed E-state index contributed by atoms with van der Waals surface area (Å²) in [6.07, 6.45) is -2.52. The standard InChI is InChI=1S/C11H7F3N2O2/c12-11(13,14)18-9-4-2-1-3-7(9)8-5-15-6-10(17)16-8/h1-6H,(H,16,17). The fraction of sp³-hybridized carbons (Fsp3) is 0.0909. The van der Waals surface area contributed by atoms with Gasteiger partial charge in [-0.2, -0.15) is 0 Å². The number of benzene rings is 1. The number of rotatable bonds is 2. The third-order valence-electron chi connectivity index (χ3n) is 2.06. The van der Waals surface area contributed by atoms with E-state index in [2.05, 4.69) is 14.7 Å². The summed E-state index contributed by atoms with van der Waals surface area (Å²) in [5.74, 6) is -0.395. The third kappa shape index (κ3) is 2.88. The van der Waals surface area contributed by atoms with Crippen LogP contribution in [-0.2, 0) is 0 Å². The van der Waals surface area contributed by atoms with E-state index in [-0.39, 0.29) is 11.3 Å². The number of alkyl halides is 3. The van der Waals surface area contributed by atoms with Crippen molar-refractivity contribution in [3.63, 3.8) is 0 Å². The minimum Gasteiger partial charge on any atom is -0.405 e. The van der Waals surface area contributed by atoms with Crippen LogP contribution in [-0.4, -0.2) is 16.3 Å². The zero-order chi connectivity index (χ0) is 13.2. The van der Waals surface area contributed by atoms with Crippen LogP contribution in [0.15, 0.2) is 41.5 Å². The van der Waals surface area contributed by atoms with Gasteiger partial charge >= 0.3 is 6.36 Å². The van der Waals surface area contributed by atoms with Crippen LogP contribution in [0.3, 0.4) is 0 Å². The average Bonchev–Trinajstić information content (AvgIpc) is 2.27. The van der Waals surface area contributed by atoms with Crippen molar-refractivity contribution in [2.45, 2.75) is 6.36 Å². The van der Waals surface area contributed by atoms with Crippen molar-refractivity contribution in [1.82, 2.24) is 9.97 Å².